The Kier molecular flexibility index (Phi) is 7.42. The smallest absolute Gasteiger partial charge is 0.407 e. The van der Waals surface area contributed by atoms with Crippen LogP contribution in [0.2, 0.25) is 0 Å². The summed E-state index contributed by atoms with van der Waals surface area (Å²) < 4.78 is 5.13. The molecule has 9 heteroatoms. The van der Waals surface area contributed by atoms with Gasteiger partial charge in [-0.05, 0) is 19.4 Å². The molecule has 1 aliphatic heterocycles. The summed E-state index contributed by atoms with van der Waals surface area (Å²) in [7, 11) is 0. The quantitative estimate of drug-likeness (QED) is 0.715. The average Bonchev–Trinajstić information content (AvgIpc) is 2.76. The minimum atomic E-state index is -0.599. The largest absolute Gasteiger partial charge is 0.445 e. The van der Waals surface area contributed by atoms with Gasteiger partial charge in [0.2, 0.25) is 5.91 Å². The van der Waals surface area contributed by atoms with Crippen molar-refractivity contribution in [3.63, 3.8) is 0 Å². The molecule has 0 bridgehead atoms. The average molecular weight is 412 g/mol. The molecule has 0 saturated carbocycles. The van der Waals surface area contributed by atoms with Crippen molar-refractivity contribution in [3.05, 3.63) is 47.8 Å². The number of hydrogen-bond acceptors (Lipinski definition) is 7. The van der Waals surface area contributed by atoms with E-state index in [9.17, 15) is 9.59 Å². The lowest BCUT2D eigenvalue weighted by Gasteiger charge is -2.35. The fourth-order valence-corrected chi connectivity index (χ4v) is 3.20. The Morgan fingerprint density at radius 3 is 2.53 bits per heavy atom. The number of piperazine rings is 1. The highest BCUT2D eigenvalue weighted by molar-refractivity contribution is 5.82. The minimum Gasteiger partial charge on any atom is -0.445 e. The molecule has 2 amide bonds. The van der Waals surface area contributed by atoms with E-state index < -0.39 is 6.09 Å². The monoisotopic (exact) mass is 412 g/mol. The zero-order valence-corrected chi connectivity index (χ0v) is 17.4. The van der Waals surface area contributed by atoms with Crippen molar-refractivity contribution >= 4 is 23.6 Å². The van der Waals surface area contributed by atoms with E-state index >= 15 is 0 Å². The molecular weight excluding hydrogens is 384 g/mol. The molecule has 0 unspecified atom stereocenters. The van der Waals surface area contributed by atoms with E-state index in [1.807, 2.05) is 50.2 Å². The normalized spacial score (nSPS) is 13.7. The lowest BCUT2D eigenvalue weighted by atomic mass is 10.2. The zero-order chi connectivity index (χ0) is 21.3. The number of anilines is 2. The number of carbonyl (C=O) groups is 2. The van der Waals surface area contributed by atoms with Crippen molar-refractivity contribution in [2.45, 2.75) is 20.5 Å². The lowest BCUT2D eigenvalue weighted by molar-refractivity contribution is -0.130. The van der Waals surface area contributed by atoms with Crippen molar-refractivity contribution in [2.75, 3.05) is 49.5 Å². The first kappa shape index (κ1) is 21.4. The molecule has 1 fully saturated rings. The summed E-state index contributed by atoms with van der Waals surface area (Å²) in [6, 6.07) is 11.3. The second-order valence-electron chi connectivity index (χ2n) is 6.97. The third-order valence-electron chi connectivity index (χ3n) is 4.74. The van der Waals surface area contributed by atoms with E-state index in [0.29, 0.717) is 32.0 Å². The fourth-order valence-electron chi connectivity index (χ4n) is 3.20. The number of amides is 2. The summed E-state index contributed by atoms with van der Waals surface area (Å²) in [5, 5.41) is 5.74. The number of nitrogens with one attached hydrogen (secondary N) is 2. The number of aryl methyl sites for hydroxylation is 1. The summed E-state index contributed by atoms with van der Waals surface area (Å²) in [6.45, 7) is 7.26. The molecular formula is C21H28N6O3. The molecule has 0 atom stereocenters. The molecule has 0 aliphatic carbocycles. The van der Waals surface area contributed by atoms with Gasteiger partial charge in [0.05, 0.1) is 0 Å². The van der Waals surface area contributed by atoms with E-state index in [0.717, 1.165) is 23.7 Å². The van der Waals surface area contributed by atoms with Crippen LogP contribution in [0, 0.1) is 6.92 Å². The Balaban J connectivity index is 1.42. The van der Waals surface area contributed by atoms with E-state index in [2.05, 4.69) is 25.5 Å². The molecule has 1 saturated heterocycles. The Bertz CT molecular complexity index is 853. The van der Waals surface area contributed by atoms with E-state index in [1.165, 1.54) is 0 Å². The van der Waals surface area contributed by atoms with Crippen LogP contribution in [-0.4, -0.2) is 66.1 Å². The number of hydrogen-bond donors (Lipinski definition) is 2. The lowest BCUT2D eigenvalue weighted by Crippen LogP contribution is -2.51. The summed E-state index contributed by atoms with van der Waals surface area (Å²) in [5.74, 6) is 2.24. The highest BCUT2D eigenvalue weighted by atomic mass is 16.5. The molecule has 0 radical (unpaired) electrons. The predicted octanol–water partition coefficient (Wildman–Crippen LogP) is 1.79. The van der Waals surface area contributed by atoms with Gasteiger partial charge >= 0.3 is 6.09 Å². The number of aromatic nitrogens is 2. The third kappa shape index (κ3) is 6.07. The maximum Gasteiger partial charge on any atom is 0.407 e. The number of benzene rings is 1. The third-order valence-corrected chi connectivity index (χ3v) is 4.74. The number of rotatable bonds is 7. The van der Waals surface area contributed by atoms with Crippen LogP contribution in [0.1, 0.15) is 18.3 Å². The maximum absolute atomic E-state index is 12.4. The van der Waals surface area contributed by atoms with Gasteiger partial charge in [0, 0.05) is 38.8 Å². The van der Waals surface area contributed by atoms with Crippen molar-refractivity contribution in [1.29, 1.82) is 0 Å². The number of nitrogens with zero attached hydrogens (tertiary/aromatic N) is 4. The molecule has 160 valence electrons. The summed E-state index contributed by atoms with van der Waals surface area (Å²) in [6.07, 6.45) is -0.599. The Morgan fingerprint density at radius 1 is 1.10 bits per heavy atom. The zero-order valence-electron chi connectivity index (χ0n) is 17.4. The predicted molar refractivity (Wildman–Crippen MR) is 114 cm³/mol. The van der Waals surface area contributed by atoms with Gasteiger partial charge in [0.15, 0.2) is 0 Å². The molecule has 1 aromatic carbocycles. The Labute approximate surface area is 176 Å². The Morgan fingerprint density at radius 2 is 1.83 bits per heavy atom. The van der Waals surface area contributed by atoms with Crippen LogP contribution >= 0.6 is 0 Å². The molecule has 1 aromatic heterocycles. The molecule has 0 spiro atoms. The van der Waals surface area contributed by atoms with Gasteiger partial charge in [-0.2, -0.15) is 0 Å². The van der Waals surface area contributed by atoms with Crippen LogP contribution in [-0.2, 0) is 16.1 Å². The first-order chi connectivity index (χ1) is 14.5. The summed E-state index contributed by atoms with van der Waals surface area (Å²) >= 11 is 0. The van der Waals surface area contributed by atoms with Crippen LogP contribution in [0.4, 0.5) is 16.4 Å². The molecule has 2 heterocycles. The van der Waals surface area contributed by atoms with Gasteiger partial charge in [-0.3, -0.25) is 4.79 Å². The van der Waals surface area contributed by atoms with Crippen LogP contribution < -0.4 is 15.5 Å². The van der Waals surface area contributed by atoms with Gasteiger partial charge in [-0.25, -0.2) is 14.8 Å². The van der Waals surface area contributed by atoms with Gasteiger partial charge in [0.25, 0.3) is 0 Å². The fraction of sp³-hybridized carbons (Fsp3) is 0.429. The molecule has 3 rings (SSSR count). The van der Waals surface area contributed by atoms with Crippen LogP contribution in [0.15, 0.2) is 36.4 Å². The van der Waals surface area contributed by atoms with E-state index in [4.69, 9.17) is 4.74 Å². The van der Waals surface area contributed by atoms with Crippen LogP contribution in [0.5, 0.6) is 0 Å². The molecule has 9 nitrogen and oxygen atoms in total. The summed E-state index contributed by atoms with van der Waals surface area (Å²) in [4.78, 5) is 37.0. The van der Waals surface area contributed by atoms with Crippen LogP contribution in [0.3, 0.4) is 0 Å². The molecule has 2 aromatic rings. The van der Waals surface area contributed by atoms with Crippen molar-refractivity contribution in [3.8, 4) is 0 Å². The highest BCUT2D eigenvalue weighted by Crippen LogP contribution is 2.17. The number of alkyl carbamates (subject to hydrolysis) is 1. The Hall–Kier alpha value is -3.36. The number of carbonyl (C=O) groups excluding carboxylic acids is 2. The first-order valence-corrected chi connectivity index (χ1v) is 10.1. The highest BCUT2D eigenvalue weighted by Gasteiger charge is 2.22. The van der Waals surface area contributed by atoms with Gasteiger partial charge in [-0.15, -0.1) is 0 Å². The first-order valence-electron chi connectivity index (χ1n) is 10.1. The summed E-state index contributed by atoms with van der Waals surface area (Å²) in [5.41, 5.74) is 0.896. The van der Waals surface area contributed by atoms with E-state index in [-0.39, 0.29) is 19.1 Å². The second-order valence-corrected chi connectivity index (χ2v) is 6.97. The molecule has 1 aliphatic rings. The van der Waals surface area contributed by atoms with Gasteiger partial charge < -0.3 is 25.2 Å². The van der Waals surface area contributed by atoms with Gasteiger partial charge in [-0.1, -0.05) is 30.3 Å². The topological polar surface area (TPSA) is 99.7 Å². The van der Waals surface area contributed by atoms with Crippen molar-refractivity contribution in [1.82, 2.24) is 20.2 Å². The standard InChI is InChI=1S/C21H28N6O3/c1-3-22-18-13-19(25-16(2)24-18)26-9-11-27(12-10-26)20(28)14-23-21(29)30-15-17-7-5-4-6-8-17/h4-8,13H,3,9-12,14-15H2,1-2H3,(H,23,29)(H,22,24,25). The number of ether oxygens (including phenoxy) is 1. The minimum absolute atomic E-state index is 0.0786. The molecule has 30 heavy (non-hydrogen) atoms. The maximum atomic E-state index is 12.4. The van der Waals surface area contributed by atoms with E-state index in [1.54, 1.807) is 4.90 Å². The van der Waals surface area contributed by atoms with Crippen molar-refractivity contribution in [2.24, 2.45) is 0 Å². The van der Waals surface area contributed by atoms with Crippen molar-refractivity contribution < 1.29 is 14.3 Å². The second kappa shape index (κ2) is 10.4. The van der Waals surface area contributed by atoms with Gasteiger partial charge in [0.1, 0.15) is 30.6 Å². The molecule has 2 N–H and O–H groups in total. The van der Waals surface area contributed by atoms with Crippen LogP contribution in [0.25, 0.3) is 0 Å². The SMILES string of the molecule is CCNc1cc(N2CCN(C(=O)CNC(=O)OCc3ccccc3)CC2)nc(C)n1.